The molecule has 0 aliphatic rings. The van der Waals surface area contributed by atoms with Gasteiger partial charge in [0.05, 0.1) is 25.4 Å². The summed E-state index contributed by atoms with van der Waals surface area (Å²) in [5, 5.41) is 23.5. The summed E-state index contributed by atoms with van der Waals surface area (Å²) in [6.45, 7) is 4.96. The van der Waals surface area contributed by atoms with Crippen LogP contribution in [0.15, 0.2) is 24.3 Å². The number of esters is 1. The highest BCUT2D eigenvalue weighted by atomic mass is 16.5. The number of carbonyl (C=O) groups is 2. The molecule has 2 atom stereocenters. The van der Waals surface area contributed by atoms with Crippen LogP contribution < -0.4 is 5.32 Å². The second-order valence-electron chi connectivity index (χ2n) is 25.3. The van der Waals surface area contributed by atoms with Gasteiger partial charge in [-0.15, -0.1) is 0 Å². The molecule has 0 aliphatic carbocycles. The Balaban J connectivity index is 3.37. The number of ether oxygens (including phenoxy) is 1. The monoisotopic (exact) mass is 1130 g/mol. The molecule has 474 valence electrons. The molecule has 0 radical (unpaired) electrons. The molecule has 80 heavy (non-hydrogen) atoms. The van der Waals surface area contributed by atoms with Crippen molar-refractivity contribution < 1.29 is 24.5 Å². The maximum atomic E-state index is 12.6. The number of rotatable bonds is 69. The van der Waals surface area contributed by atoms with E-state index in [2.05, 4.69) is 43.5 Å². The van der Waals surface area contributed by atoms with E-state index in [1.165, 1.54) is 327 Å². The zero-order chi connectivity index (χ0) is 57.8. The summed E-state index contributed by atoms with van der Waals surface area (Å²) in [7, 11) is 0. The molecule has 6 nitrogen and oxygen atoms in total. The zero-order valence-electron chi connectivity index (χ0n) is 54.3. The van der Waals surface area contributed by atoms with Gasteiger partial charge in [-0.25, -0.2) is 0 Å². The molecule has 0 spiro atoms. The predicted octanol–water partition coefficient (Wildman–Crippen LogP) is 23.7. The molecular weight excluding hydrogens is 983 g/mol. The van der Waals surface area contributed by atoms with Crippen LogP contribution in [0.5, 0.6) is 0 Å². The van der Waals surface area contributed by atoms with E-state index in [-0.39, 0.29) is 18.5 Å². The molecule has 0 heterocycles. The van der Waals surface area contributed by atoms with Gasteiger partial charge in [0.25, 0.3) is 0 Å². The van der Waals surface area contributed by atoms with Gasteiger partial charge in [0.2, 0.25) is 5.91 Å². The quantitative estimate of drug-likeness (QED) is 0.0320. The third-order valence-electron chi connectivity index (χ3n) is 17.3. The molecule has 0 rings (SSSR count). The molecule has 0 saturated heterocycles. The van der Waals surface area contributed by atoms with Crippen LogP contribution in [-0.2, 0) is 14.3 Å². The van der Waals surface area contributed by atoms with Gasteiger partial charge in [-0.3, -0.25) is 9.59 Å². The average molecular weight is 1130 g/mol. The van der Waals surface area contributed by atoms with Gasteiger partial charge in [0, 0.05) is 12.8 Å². The van der Waals surface area contributed by atoms with Crippen molar-refractivity contribution in [3.63, 3.8) is 0 Å². The van der Waals surface area contributed by atoms with Crippen molar-refractivity contribution in [2.24, 2.45) is 0 Å². The van der Waals surface area contributed by atoms with Crippen molar-refractivity contribution in [3.8, 4) is 0 Å². The van der Waals surface area contributed by atoms with Gasteiger partial charge < -0.3 is 20.3 Å². The number of unbranched alkanes of at least 4 members (excludes halogenated alkanes) is 54. The van der Waals surface area contributed by atoms with Crippen LogP contribution in [0.25, 0.3) is 0 Å². The highest BCUT2D eigenvalue weighted by Crippen LogP contribution is 2.19. The minimum Gasteiger partial charge on any atom is -0.466 e. The zero-order valence-corrected chi connectivity index (χ0v) is 54.3. The maximum Gasteiger partial charge on any atom is 0.305 e. The van der Waals surface area contributed by atoms with Crippen LogP contribution >= 0.6 is 0 Å². The third-order valence-corrected chi connectivity index (χ3v) is 17.3. The number of aliphatic hydroxyl groups excluding tert-OH is 2. The van der Waals surface area contributed by atoms with Gasteiger partial charge >= 0.3 is 5.97 Å². The van der Waals surface area contributed by atoms with Crippen molar-refractivity contribution in [1.29, 1.82) is 0 Å². The van der Waals surface area contributed by atoms with Gasteiger partial charge in [0.15, 0.2) is 0 Å². The van der Waals surface area contributed by atoms with E-state index in [9.17, 15) is 19.8 Å². The average Bonchev–Trinajstić information content (AvgIpc) is 3.46. The molecular formula is C74H143NO5. The molecule has 0 saturated carbocycles. The van der Waals surface area contributed by atoms with Crippen molar-refractivity contribution >= 4 is 11.9 Å². The number of nitrogens with one attached hydrogen (secondary N) is 1. The molecule has 0 aliphatic heterocycles. The fourth-order valence-corrected chi connectivity index (χ4v) is 11.7. The lowest BCUT2D eigenvalue weighted by Gasteiger charge is -2.22. The molecule has 0 aromatic carbocycles. The summed E-state index contributed by atoms with van der Waals surface area (Å²) in [6.07, 6.45) is 88.0. The van der Waals surface area contributed by atoms with Crippen LogP contribution in [0.4, 0.5) is 0 Å². The van der Waals surface area contributed by atoms with E-state index >= 15 is 0 Å². The van der Waals surface area contributed by atoms with Gasteiger partial charge in [-0.2, -0.15) is 0 Å². The second kappa shape index (κ2) is 69.8. The molecule has 0 bridgehead atoms. The number of carbonyl (C=O) groups excluding carboxylic acids is 2. The van der Waals surface area contributed by atoms with E-state index < -0.39 is 12.1 Å². The summed E-state index contributed by atoms with van der Waals surface area (Å²) in [5.74, 6) is -0.0250. The van der Waals surface area contributed by atoms with Crippen LogP contribution in [0.1, 0.15) is 412 Å². The maximum absolute atomic E-state index is 12.6. The largest absolute Gasteiger partial charge is 0.466 e. The van der Waals surface area contributed by atoms with Gasteiger partial charge in [-0.1, -0.05) is 366 Å². The summed E-state index contributed by atoms with van der Waals surface area (Å²) < 4.78 is 5.49. The second-order valence-corrected chi connectivity index (χ2v) is 25.3. The molecule has 6 heteroatoms. The molecule has 0 aromatic rings. The van der Waals surface area contributed by atoms with E-state index in [0.717, 1.165) is 51.4 Å². The lowest BCUT2D eigenvalue weighted by Crippen LogP contribution is -2.45. The Morgan fingerprint density at radius 2 is 0.625 bits per heavy atom. The highest BCUT2D eigenvalue weighted by Gasteiger charge is 2.20. The van der Waals surface area contributed by atoms with E-state index in [1.807, 2.05) is 0 Å². The van der Waals surface area contributed by atoms with Gasteiger partial charge in [0.1, 0.15) is 0 Å². The summed E-state index contributed by atoms with van der Waals surface area (Å²) in [5.41, 5.74) is 0. The van der Waals surface area contributed by atoms with Crippen molar-refractivity contribution in [2.45, 2.75) is 424 Å². The fourth-order valence-electron chi connectivity index (χ4n) is 11.7. The lowest BCUT2D eigenvalue weighted by molar-refractivity contribution is -0.143. The summed E-state index contributed by atoms with van der Waals surface area (Å²) in [4.78, 5) is 24.6. The highest BCUT2D eigenvalue weighted by molar-refractivity contribution is 5.76. The Kier molecular flexibility index (Phi) is 68.4. The predicted molar refractivity (Wildman–Crippen MR) is 352 cm³/mol. The van der Waals surface area contributed by atoms with E-state index in [0.29, 0.717) is 25.9 Å². The topological polar surface area (TPSA) is 95.9 Å². The van der Waals surface area contributed by atoms with Crippen LogP contribution in [0.2, 0.25) is 0 Å². The normalized spacial score (nSPS) is 12.6. The first-order chi connectivity index (χ1) is 39.5. The van der Waals surface area contributed by atoms with Crippen molar-refractivity contribution in [1.82, 2.24) is 5.32 Å². The molecule has 3 N–H and O–H groups in total. The Morgan fingerprint density at radius 3 is 0.975 bits per heavy atom. The third kappa shape index (κ3) is 65.5. The number of allylic oxidation sites excluding steroid dienone is 4. The van der Waals surface area contributed by atoms with E-state index in [4.69, 9.17) is 4.74 Å². The minimum atomic E-state index is -0.664. The molecule has 2 unspecified atom stereocenters. The van der Waals surface area contributed by atoms with Crippen LogP contribution in [0, 0.1) is 0 Å². The summed E-state index contributed by atoms with van der Waals surface area (Å²) >= 11 is 0. The van der Waals surface area contributed by atoms with Crippen molar-refractivity contribution in [3.05, 3.63) is 24.3 Å². The first kappa shape index (κ1) is 78.3. The smallest absolute Gasteiger partial charge is 0.305 e. The first-order valence-electron chi connectivity index (χ1n) is 36.6. The Hall–Kier alpha value is -1.66. The lowest BCUT2D eigenvalue weighted by atomic mass is 10.0. The van der Waals surface area contributed by atoms with E-state index in [1.54, 1.807) is 0 Å². The molecule has 0 aromatic heterocycles. The summed E-state index contributed by atoms with van der Waals surface area (Å²) in [6, 6.07) is -0.541. The minimum absolute atomic E-state index is 0.00336. The Labute approximate surface area is 501 Å². The first-order valence-corrected chi connectivity index (χ1v) is 36.6. The fraction of sp³-hybridized carbons (Fsp3) is 0.919. The number of hydrogen-bond acceptors (Lipinski definition) is 5. The molecule has 1 amide bonds. The van der Waals surface area contributed by atoms with Crippen LogP contribution in [-0.4, -0.2) is 47.4 Å². The number of aliphatic hydroxyl groups is 2. The Bertz CT molecular complexity index is 1250. The van der Waals surface area contributed by atoms with Crippen molar-refractivity contribution in [2.75, 3.05) is 13.2 Å². The molecule has 0 fully saturated rings. The SMILES string of the molecule is CCCCC/C=C\C/C=C\CCCCCCCC(=O)OCCCCCCCCCCCCCCCCCCCCCCCCCCCC(=O)NC(CO)C(O)CCCCCCCCCCCCCCCCCCCCCCCCC. The number of amides is 1. The van der Waals surface area contributed by atoms with Gasteiger partial charge in [-0.05, 0) is 57.8 Å². The number of hydrogen-bond donors (Lipinski definition) is 3. The Morgan fingerprint density at radius 1 is 0.350 bits per heavy atom. The van der Waals surface area contributed by atoms with Crippen LogP contribution in [0.3, 0.4) is 0 Å². The standard InChI is InChI=1S/C74H143NO5/c1-3-5-7-9-11-13-15-17-19-20-21-22-26-29-32-35-39-42-46-50-54-58-62-66-72(77)71(70-76)75-73(78)67-63-59-55-51-47-43-40-36-33-30-27-24-23-25-28-31-34-37-41-45-49-53-57-61-65-69-80-74(79)68-64-60-56-52-48-44-38-18-16-14-12-10-8-6-4-2/h12,14,18,38,71-72,76-77H,3-11,13,15-17,19-37,39-70H2,1-2H3,(H,75,78)/b14-12-,38-18-.